The van der Waals surface area contributed by atoms with Crippen LogP contribution < -0.4 is 5.73 Å². The third kappa shape index (κ3) is 4.26. The van der Waals surface area contributed by atoms with Crippen molar-refractivity contribution in [2.24, 2.45) is 0 Å². The molecule has 2 aromatic heterocycles. The van der Waals surface area contributed by atoms with Crippen molar-refractivity contribution in [2.45, 2.75) is 24.9 Å². The Bertz CT molecular complexity index is 900. The number of phosphoric acid groups is 2. The molecule has 0 amide bonds. The van der Waals surface area contributed by atoms with Crippen LogP contribution in [0.3, 0.4) is 0 Å². The van der Waals surface area contributed by atoms with Crippen LogP contribution in [0.1, 0.15) is 12.6 Å². The summed E-state index contributed by atoms with van der Waals surface area (Å²) >= 11 is 0. The van der Waals surface area contributed by atoms with E-state index in [9.17, 15) is 19.1 Å². The zero-order chi connectivity index (χ0) is 19.1. The summed E-state index contributed by atoms with van der Waals surface area (Å²) in [6.45, 7) is -0.644. The van der Waals surface area contributed by atoms with Crippen LogP contribution in [-0.4, -0.2) is 58.1 Å². The van der Waals surface area contributed by atoms with E-state index in [0.717, 1.165) is 0 Å². The van der Waals surface area contributed by atoms with Gasteiger partial charge in [0.25, 0.3) is 0 Å². The fourth-order valence-corrected chi connectivity index (χ4v) is 4.04. The van der Waals surface area contributed by atoms with E-state index in [1.807, 2.05) is 0 Å². The van der Waals surface area contributed by atoms with Crippen LogP contribution in [0.5, 0.6) is 0 Å². The highest BCUT2D eigenvalue weighted by Gasteiger charge is 2.39. The average Bonchev–Trinajstić information content (AvgIpc) is 3.07. The van der Waals surface area contributed by atoms with E-state index in [-0.39, 0.29) is 12.2 Å². The van der Waals surface area contributed by atoms with Gasteiger partial charge in [-0.15, -0.1) is 0 Å². The number of nitrogen functional groups attached to an aromatic ring is 1. The second-order valence-corrected chi connectivity index (χ2v) is 8.18. The van der Waals surface area contributed by atoms with Gasteiger partial charge in [-0.25, -0.2) is 24.1 Å². The molecule has 2 aromatic rings. The molecule has 1 aliphatic heterocycles. The molecule has 144 valence electrons. The Morgan fingerprint density at radius 2 is 2.04 bits per heavy atom. The maximum absolute atomic E-state index is 11.5. The number of aliphatic hydroxyl groups is 1. The van der Waals surface area contributed by atoms with E-state index in [1.165, 1.54) is 17.2 Å². The smallest absolute Gasteiger partial charge is 0.390 e. The first kappa shape index (κ1) is 19.3. The first-order chi connectivity index (χ1) is 12.1. The van der Waals surface area contributed by atoms with Crippen LogP contribution in [0.25, 0.3) is 11.2 Å². The normalized spacial score (nSPS) is 26.2. The molecule has 14 nitrogen and oxygen atoms in total. The van der Waals surface area contributed by atoms with Crippen LogP contribution in [0.4, 0.5) is 5.82 Å². The Labute approximate surface area is 145 Å². The number of fused-ring (bicyclic) bond motifs is 1. The predicted molar refractivity (Wildman–Crippen MR) is 83.2 cm³/mol. The van der Waals surface area contributed by atoms with E-state index in [1.54, 1.807) is 0 Å². The van der Waals surface area contributed by atoms with Crippen LogP contribution in [0.2, 0.25) is 0 Å². The Kier molecular flexibility index (Phi) is 5.14. The number of hydrogen-bond donors (Lipinski definition) is 5. The molecule has 3 rings (SSSR count). The van der Waals surface area contributed by atoms with Gasteiger partial charge in [0.1, 0.15) is 24.2 Å². The molecular weight excluding hydrogens is 396 g/mol. The molecule has 4 atom stereocenters. The van der Waals surface area contributed by atoms with Gasteiger partial charge in [-0.2, -0.15) is 4.31 Å². The van der Waals surface area contributed by atoms with Gasteiger partial charge in [-0.1, -0.05) is 0 Å². The molecule has 0 aromatic carbocycles. The largest absolute Gasteiger partial charge is 0.481 e. The second kappa shape index (κ2) is 6.93. The molecule has 16 heteroatoms. The van der Waals surface area contributed by atoms with Gasteiger partial charge in [-0.3, -0.25) is 9.09 Å². The molecule has 26 heavy (non-hydrogen) atoms. The molecule has 3 heterocycles. The van der Waals surface area contributed by atoms with E-state index in [2.05, 4.69) is 23.8 Å². The molecule has 0 radical (unpaired) electrons. The summed E-state index contributed by atoms with van der Waals surface area (Å²) in [4.78, 5) is 38.3. The minimum Gasteiger partial charge on any atom is -0.390 e. The fraction of sp³-hybridized carbons (Fsp3) is 0.500. The summed E-state index contributed by atoms with van der Waals surface area (Å²) in [6, 6.07) is 0. The fourth-order valence-electron chi connectivity index (χ4n) is 2.44. The highest BCUT2D eigenvalue weighted by Crippen LogP contribution is 2.57. The number of aromatic nitrogens is 4. The average molecular weight is 411 g/mol. The van der Waals surface area contributed by atoms with Crippen molar-refractivity contribution < 1.29 is 42.5 Å². The summed E-state index contributed by atoms with van der Waals surface area (Å²) in [5.41, 5.74) is 6.41. The van der Waals surface area contributed by atoms with Gasteiger partial charge in [0.15, 0.2) is 11.5 Å². The molecule has 0 bridgehead atoms. The minimum absolute atomic E-state index is 0.0818. The lowest BCUT2D eigenvalue weighted by Gasteiger charge is -2.18. The molecule has 4 unspecified atom stereocenters. The summed E-state index contributed by atoms with van der Waals surface area (Å²) in [5, 5.41) is 10.1. The number of rotatable bonds is 6. The van der Waals surface area contributed by atoms with E-state index in [4.69, 9.17) is 20.3 Å². The van der Waals surface area contributed by atoms with Crippen molar-refractivity contribution in [2.75, 3.05) is 12.3 Å². The van der Waals surface area contributed by atoms with Gasteiger partial charge in [0.05, 0.1) is 19.0 Å². The zero-order valence-corrected chi connectivity index (χ0v) is 14.7. The third-order valence-electron chi connectivity index (χ3n) is 3.51. The van der Waals surface area contributed by atoms with Crippen molar-refractivity contribution in [3.63, 3.8) is 0 Å². The number of ether oxygens (including phenoxy) is 1. The molecule has 6 N–H and O–H groups in total. The van der Waals surface area contributed by atoms with Gasteiger partial charge in [-0.05, 0) is 0 Å². The van der Waals surface area contributed by atoms with Gasteiger partial charge in [0, 0.05) is 6.42 Å². The Hall–Kier alpha value is -1.47. The molecule has 0 aliphatic carbocycles. The molecule has 1 fully saturated rings. The molecule has 0 saturated carbocycles. The summed E-state index contributed by atoms with van der Waals surface area (Å²) in [5.74, 6) is 0.169. The number of hydrogen-bond acceptors (Lipinski definition) is 10. The van der Waals surface area contributed by atoms with Crippen molar-refractivity contribution in [1.82, 2.24) is 19.5 Å². The Morgan fingerprint density at radius 1 is 1.31 bits per heavy atom. The zero-order valence-electron chi connectivity index (χ0n) is 12.9. The summed E-state index contributed by atoms with van der Waals surface area (Å²) in [6.07, 6.45) is -0.158. The predicted octanol–water partition coefficient (Wildman–Crippen LogP) is -0.717. The Morgan fingerprint density at radius 3 is 2.73 bits per heavy atom. The maximum atomic E-state index is 11.5. The van der Waals surface area contributed by atoms with Crippen molar-refractivity contribution in [3.05, 3.63) is 12.7 Å². The molecule has 1 aliphatic rings. The highest BCUT2D eigenvalue weighted by atomic mass is 31.3. The lowest BCUT2D eigenvalue weighted by Crippen LogP contribution is -2.26. The molecular formula is C10H15N5O9P2. The van der Waals surface area contributed by atoms with Gasteiger partial charge in [0.2, 0.25) is 0 Å². The highest BCUT2D eigenvalue weighted by molar-refractivity contribution is 7.60. The number of nitrogens with two attached hydrogens (primary N) is 1. The number of anilines is 1. The lowest BCUT2D eigenvalue weighted by atomic mass is 10.2. The molecule has 1 saturated heterocycles. The number of aliphatic hydroxyl groups excluding tert-OH is 1. The standard InChI is InChI=1S/C10H15N5O9P2/c11-9-8-10(13-3-12-9)15(4-14-8)7-1-5(16)6(23-7)2-22-26(20,21)24-25(17,18)19/h3-7,16H,1-2H2,(H,20,21)(H2,11,12,13)(H2,17,18,19). The van der Waals surface area contributed by atoms with Crippen molar-refractivity contribution in [1.29, 1.82) is 0 Å². The van der Waals surface area contributed by atoms with Crippen molar-refractivity contribution >= 4 is 32.6 Å². The second-order valence-electron chi connectivity index (χ2n) is 5.35. The first-order valence-corrected chi connectivity index (χ1v) is 10.1. The quantitative estimate of drug-likeness (QED) is 0.372. The van der Waals surface area contributed by atoms with E-state index in [0.29, 0.717) is 11.2 Å². The number of imidazole rings is 1. The first-order valence-electron chi connectivity index (χ1n) is 7.06. The van der Waals surface area contributed by atoms with Crippen molar-refractivity contribution in [3.8, 4) is 0 Å². The SMILES string of the molecule is Nc1ncnc2c1ncn2C1CC(O)C(COP(=O)(O)OP(=O)(O)O)O1. The third-order valence-corrected chi connectivity index (χ3v) is 5.66. The van der Waals surface area contributed by atoms with Gasteiger partial charge < -0.3 is 30.3 Å². The maximum Gasteiger partial charge on any atom is 0.481 e. The summed E-state index contributed by atoms with van der Waals surface area (Å²) in [7, 11) is -10.3. The van der Waals surface area contributed by atoms with Crippen LogP contribution in [-0.2, 0) is 22.7 Å². The summed E-state index contributed by atoms with van der Waals surface area (Å²) < 4.78 is 37.3. The van der Waals surface area contributed by atoms with Crippen LogP contribution >= 0.6 is 15.6 Å². The minimum atomic E-state index is -5.23. The lowest BCUT2D eigenvalue weighted by molar-refractivity contribution is -0.0423. The van der Waals surface area contributed by atoms with E-state index < -0.39 is 40.7 Å². The number of phosphoric ester groups is 1. The van der Waals surface area contributed by atoms with E-state index >= 15 is 0 Å². The monoisotopic (exact) mass is 411 g/mol. The topological polar surface area (TPSA) is 212 Å². The molecule has 0 spiro atoms. The Balaban J connectivity index is 1.69. The van der Waals surface area contributed by atoms with Crippen LogP contribution in [0, 0.1) is 0 Å². The van der Waals surface area contributed by atoms with Crippen LogP contribution in [0.15, 0.2) is 12.7 Å². The van der Waals surface area contributed by atoms with Gasteiger partial charge >= 0.3 is 15.6 Å². The number of nitrogens with zero attached hydrogens (tertiary/aromatic N) is 4.